The van der Waals surface area contributed by atoms with E-state index in [0.717, 1.165) is 38.5 Å². The van der Waals surface area contributed by atoms with Crippen LogP contribution in [0.15, 0.2) is 24.3 Å². The van der Waals surface area contributed by atoms with E-state index in [1.54, 1.807) is 0 Å². The molecular weight excluding hydrogens is 825 g/mol. The maximum Gasteiger partial charge on any atom is 0.306 e. The number of hydrogen-bond acceptors (Lipinski definition) is 5. The van der Waals surface area contributed by atoms with Gasteiger partial charge in [0.25, 0.3) is 0 Å². The van der Waals surface area contributed by atoms with Crippen molar-refractivity contribution in [2.45, 2.75) is 347 Å². The Morgan fingerprint density at radius 3 is 0.881 bits per heavy atom. The second-order valence-corrected chi connectivity index (χ2v) is 20.8. The zero-order valence-corrected chi connectivity index (χ0v) is 45.4. The van der Waals surface area contributed by atoms with E-state index in [9.17, 15) is 14.7 Å². The fraction of sp³-hybridized carbons (Fsp3) is 0.903. The average molecular weight is 944 g/mol. The number of carbonyl (C=O) groups excluding carboxylic acids is 2. The summed E-state index contributed by atoms with van der Waals surface area (Å²) in [5, 5.41) is 9.63. The zero-order valence-electron chi connectivity index (χ0n) is 45.4. The minimum atomic E-state index is -0.765. The molecule has 0 aliphatic rings. The Labute approximate surface area is 419 Å². The van der Waals surface area contributed by atoms with Gasteiger partial charge in [0.1, 0.15) is 6.61 Å². The molecular formula is C62H118O5. The van der Waals surface area contributed by atoms with Crippen molar-refractivity contribution in [3.05, 3.63) is 24.3 Å². The van der Waals surface area contributed by atoms with Gasteiger partial charge in [-0.15, -0.1) is 0 Å². The lowest BCUT2D eigenvalue weighted by molar-refractivity contribution is -0.161. The number of allylic oxidation sites excluding steroid dienone is 4. The number of ether oxygens (including phenoxy) is 2. The lowest BCUT2D eigenvalue weighted by Gasteiger charge is -2.15. The Bertz CT molecular complexity index is 1020. The molecule has 1 atom stereocenters. The smallest absolute Gasteiger partial charge is 0.306 e. The Kier molecular flexibility index (Phi) is 57.3. The van der Waals surface area contributed by atoms with Gasteiger partial charge in [0, 0.05) is 12.8 Å². The monoisotopic (exact) mass is 943 g/mol. The fourth-order valence-corrected chi connectivity index (χ4v) is 9.41. The second-order valence-electron chi connectivity index (χ2n) is 20.8. The predicted molar refractivity (Wildman–Crippen MR) is 293 cm³/mol. The number of aliphatic hydroxyl groups excluding tert-OH is 1. The van der Waals surface area contributed by atoms with E-state index in [4.69, 9.17) is 9.47 Å². The molecule has 5 heteroatoms. The highest BCUT2D eigenvalue weighted by Crippen LogP contribution is 2.18. The number of carbonyl (C=O) groups is 2. The summed E-state index contributed by atoms with van der Waals surface area (Å²) in [6.45, 7) is 4.17. The van der Waals surface area contributed by atoms with Crippen LogP contribution in [0.2, 0.25) is 0 Å². The summed E-state index contributed by atoms with van der Waals surface area (Å²) in [6.07, 6.45) is 74.8. The van der Waals surface area contributed by atoms with Crippen molar-refractivity contribution in [3.63, 3.8) is 0 Å². The van der Waals surface area contributed by atoms with Gasteiger partial charge in [-0.05, 0) is 44.9 Å². The summed E-state index contributed by atoms with van der Waals surface area (Å²) >= 11 is 0. The van der Waals surface area contributed by atoms with Gasteiger partial charge in [-0.3, -0.25) is 9.59 Å². The van der Waals surface area contributed by atoms with E-state index in [1.807, 2.05) is 0 Å². The number of unbranched alkanes of at least 4 members (excludes halogenated alkanes) is 45. The highest BCUT2D eigenvalue weighted by molar-refractivity contribution is 5.70. The van der Waals surface area contributed by atoms with Crippen LogP contribution in [0.5, 0.6) is 0 Å². The van der Waals surface area contributed by atoms with Crippen LogP contribution in [0, 0.1) is 0 Å². The molecule has 0 aliphatic heterocycles. The summed E-state index contributed by atoms with van der Waals surface area (Å²) in [5.74, 6) is -0.569. The van der Waals surface area contributed by atoms with Crippen LogP contribution in [0.4, 0.5) is 0 Å². The molecule has 0 spiro atoms. The van der Waals surface area contributed by atoms with Crippen LogP contribution >= 0.6 is 0 Å². The van der Waals surface area contributed by atoms with Crippen molar-refractivity contribution in [2.24, 2.45) is 0 Å². The van der Waals surface area contributed by atoms with Gasteiger partial charge < -0.3 is 14.6 Å². The molecule has 0 rings (SSSR count). The Morgan fingerprint density at radius 1 is 0.343 bits per heavy atom. The first-order valence-electron chi connectivity index (χ1n) is 30.4. The van der Waals surface area contributed by atoms with Crippen molar-refractivity contribution < 1.29 is 24.2 Å². The molecule has 0 radical (unpaired) electrons. The Hall–Kier alpha value is -1.62. The third-order valence-electron chi connectivity index (χ3n) is 14.0. The quantitative estimate of drug-likeness (QED) is 0.0374. The summed E-state index contributed by atoms with van der Waals surface area (Å²) in [5.41, 5.74) is 0. The van der Waals surface area contributed by atoms with Crippen molar-refractivity contribution in [3.8, 4) is 0 Å². The standard InChI is InChI=1S/C62H118O5/c1-3-5-7-9-11-13-15-17-19-20-21-22-23-24-25-26-27-28-29-30-31-32-33-34-35-36-37-38-39-40-41-42-43-45-47-49-51-53-55-57-62(65)67-60(58-63)59-66-61(64)56-54-52-50-48-46-44-18-16-14-12-10-8-6-4-2/h15,17,20-21,60,63H,3-14,16,18-19,22-59H2,1-2H3/b17-15-,21-20-. The Balaban J connectivity index is 3.34. The molecule has 0 saturated carbocycles. The molecule has 0 aromatic heterocycles. The third kappa shape index (κ3) is 56.9. The van der Waals surface area contributed by atoms with Crippen LogP contribution < -0.4 is 0 Å². The fourth-order valence-electron chi connectivity index (χ4n) is 9.41. The van der Waals surface area contributed by atoms with Crippen molar-refractivity contribution >= 4 is 11.9 Å². The number of esters is 2. The molecule has 0 saturated heterocycles. The summed E-state index contributed by atoms with van der Waals surface area (Å²) in [7, 11) is 0. The molecule has 0 amide bonds. The minimum Gasteiger partial charge on any atom is -0.462 e. The number of hydrogen-bond donors (Lipinski definition) is 1. The van der Waals surface area contributed by atoms with Gasteiger partial charge in [0.2, 0.25) is 0 Å². The first kappa shape index (κ1) is 65.4. The molecule has 396 valence electrons. The molecule has 1 unspecified atom stereocenters. The molecule has 1 N–H and O–H groups in total. The molecule has 0 aliphatic carbocycles. The Morgan fingerprint density at radius 2 is 0.597 bits per heavy atom. The van der Waals surface area contributed by atoms with Gasteiger partial charge in [0.05, 0.1) is 6.61 Å². The van der Waals surface area contributed by atoms with Crippen molar-refractivity contribution in [1.82, 2.24) is 0 Å². The van der Waals surface area contributed by atoms with E-state index >= 15 is 0 Å². The summed E-state index contributed by atoms with van der Waals surface area (Å²) in [4.78, 5) is 24.5. The van der Waals surface area contributed by atoms with Gasteiger partial charge >= 0.3 is 11.9 Å². The normalized spacial score (nSPS) is 12.2. The van der Waals surface area contributed by atoms with Crippen molar-refractivity contribution in [1.29, 1.82) is 0 Å². The highest BCUT2D eigenvalue weighted by Gasteiger charge is 2.16. The molecule has 0 heterocycles. The zero-order chi connectivity index (χ0) is 48.5. The minimum absolute atomic E-state index is 0.0577. The molecule has 67 heavy (non-hydrogen) atoms. The van der Waals surface area contributed by atoms with Crippen molar-refractivity contribution in [2.75, 3.05) is 13.2 Å². The van der Waals surface area contributed by atoms with Gasteiger partial charge in [-0.2, -0.15) is 0 Å². The van der Waals surface area contributed by atoms with E-state index in [-0.39, 0.29) is 25.2 Å². The molecule has 0 aromatic carbocycles. The molecule has 0 bridgehead atoms. The molecule has 0 aromatic rings. The van der Waals surface area contributed by atoms with Gasteiger partial charge in [0.15, 0.2) is 6.10 Å². The predicted octanol–water partition coefficient (Wildman–Crippen LogP) is 20.5. The number of rotatable bonds is 57. The molecule has 5 nitrogen and oxygen atoms in total. The van der Waals surface area contributed by atoms with Crippen LogP contribution in [0.3, 0.4) is 0 Å². The lowest BCUT2D eigenvalue weighted by atomic mass is 10.0. The average Bonchev–Trinajstić information content (AvgIpc) is 3.33. The summed E-state index contributed by atoms with van der Waals surface area (Å²) < 4.78 is 10.7. The SMILES string of the molecule is CCCCCCC/C=C\C/C=C\CCCCCCCCCCCCCCCCCCCCCCCCCCCCCC(=O)OC(CO)COC(=O)CCCCCCCCCCCCCCCC. The van der Waals surface area contributed by atoms with E-state index in [2.05, 4.69) is 38.2 Å². The van der Waals surface area contributed by atoms with E-state index in [0.29, 0.717) is 12.8 Å². The lowest BCUT2D eigenvalue weighted by Crippen LogP contribution is -2.28. The van der Waals surface area contributed by atoms with Crippen LogP contribution in [-0.4, -0.2) is 36.4 Å². The molecule has 0 fully saturated rings. The van der Waals surface area contributed by atoms with Gasteiger partial charge in [-0.25, -0.2) is 0 Å². The first-order valence-corrected chi connectivity index (χ1v) is 30.4. The van der Waals surface area contributed by atoms with Crippen LogP contribution in [-0.2, 0) is 19.1 Å². The first-order chi connectivity index (χ1) is 33.1. The maximum absolute atomic E-state index is 12.3. The third-order valence-corrected chi connectivity index (χ3v) is 14.0. The summed E-state index contributed by atoms with van der Waals surface area (Å²) in [6, 6.07) is 0. The van der Waals surface area contributed by atoms with Gasteiger partial charge in [-0.1, -0.05) is 308 Å². The highest BCUT2D eigenvalue weighted by atomic mass is 16.6. The van der Waals surface area contributed by atoms with Crippen LogP contribution in [0.25, 0.3) is 0 Å². The number of aliphatic hydroxyl groups is 1. The maximum atomic E-state index is 12.3. The second kappa shape index (κ2) is 58.7. The van der Waals surface area contributed by atoms with E-state index in [1.165, 1.54) is 276 Å². The van der Waals surface area contributed by atoms with E-state index < -0.39 is 6.10 Å². The topological polar surface area (TPSA) is 72.8 Å². The largest absolute Gasteiger partial charge is 0.462 e. The van der Waals surface area contributed by atoms with Crippen LogP contribution in [0.1, 0.15) is 341 Å².